The number of rotatable bonds is 1. The van der Waals surface area contributed by atoms with E-state index in [2.05, 4.69) is 29.1 Å². The first-order chi connectivity index (χ1) is 6.18. The van der Waals surface area contributed by atoms with Gasteiger partial charge in [0, 0.05) is 17.8 Å². The highest BCUT2D eigenvalue weighted by molar-refractivity contribution is 5.51. The van der Waals surface area contributed by atoms with Crippen molar-refractivity contribution < 1.29 is 0 Å². The van der Waals surface area contributed by atoms with Gasteiger partial charge in [-0.15, -0.1) is 0 Å². The second-order valence-corrected chi connectivity index (χ2v) is 3.61. The Bertz CT molecular complexity index is 381. The molecule has 70 valence electrons. The van der Waals surface area contributed by atoms with E-state index in [9.17, 15) is 4.79 Å². The Balaban J connectivity index is 2.62. The molecule has 0 spiro atoms. The molecular weight excluding hydrogens is 166 g/mol. The first-order valence-corrected chi connectivity index (χ1v) is 4.55. The van der Waals surface area contributed by atoms with Crippen LogP contribution in [0.2, 0.25) is 0 Å². The van der Waals surface area contributed by atoms with Crippen LogP contribution in [0.25, 0.3) is 0 Å². The highest BCUT2D eigenvalue weighted by Gasteiger charge is 2.18. The molecule has 0 unspecified atom stereocenters. The third-order valence-electron chi connectivity index (χ3n) is 2.31. The van der Waals surface area contributed by atoms with Crippen molar-refractivity contribution in [3.8, 4) is 0 Å². The normalized spacial score (nSPS) is 14.4. The number of hydrogen-bond donors (Lipinski definition) is 2. The molecule has 2 rings (SSSR count). The lowest BCUT2D eigenvalue weighted by Gasteiger charge is -2.09. The molecule has 13 heavy (non-hydrogen) atoms. The number of H-pyrrole nitrogens is 1. The highest BCUT2D eigenvalue weighted by atomic mass is 16.1. The Labute approximate surface area is 76.4 Å². The van der Waals surface area contributed by atoms with Gasteiger partial charge >= 0.3 is 5.69 Å². The molecule has 0 atom stereocenters. The minimum atomic E-state index is -0.253. The Morgan fingerprint density at radius 3 is 2.92 bits per heavy atom. The fraction of sp³-hybridized carbons (Fsp3) is 0.556. The van der Waals surface area contributed by atoms with Crippen LogP contribution < -0.4 is 11.0 Å². The smallest absolute Gasteiger partial charge is 0.347 e. The van der Waals surface area contributed by atoms with Gasteiger partial charge in [-0.2, -0.15) is 4.98 Å². The number of hydrogen-bond acceptors (Lipinski definition) is 3. The van der Waals surface area contributed by atoms with Crippen LogP contribution in [0.15, 0.2) is 4.79 Å². The second-order valence-electron chi connectivity index (χ2n) is 3.61. The summed E-state index contributed by atoms with van der Waals surface area (Å²) in [6.45, 7) is 5.03. The largest absolute Gasteiger partial charge is 0.369 e. The molecule has 1 aliphatic heterocycles. The van der Waals surface area contributed by atoms with Crippen molar-refractivity contribution in [3.63, 3.8) is 0 Å². The van der Waals surface area contributed by atoms with Crippen LogP contribution in [0.5, 0.6) is 0 Å². The van der Waals surface area contributed by atoms with Crippen LogP contribution in [0.1, 0.15) is 31.0 Å². The summed E-state index contributed by atoms with van der Waals surface area (Å²) in [7, 11) is 0. The summed E-state index contributed by atoms with van der Waals surface area (Å²) in [6.07, 6.45) is 0.965. The highest BCUT2D eigenvalue weighted by Crippen LogP contribution is 2.24. The van der Waals surface area contributed by atoms with Gasteiger partial charge in [-0.3, -0.25) is 0 Å². The van der Waals surface area contributed by atoms with Crippen molar-refractivity contribution in [2.24, 2.45) is 0 Å². The molecule has 0 bridgehead atoms. The molecule has 2 N–H and O–H groups in total. The lowest BCUT2D eigenvalue weighted by atomic mass is 10.0. The summed E-state index contributed by atoms with van der Waals surface area (Å²) >= 11 is 0. The zero-order valence-corrected chi connectivity index (χ0v) is 7.85. The Hall–Kier alpha value is -1.32. The van der Waals surface area contributed by atoms with Crippen molar-refractivity contribution in [1.82, 2.24) is 9.97 Å². The van der Waals surface area contributed by atoms with E-state index in [1.807, 2.05) is 0 Å². The van der Waals surface area contributed by atoms with Gasteiger partial charge in [0.15, 0.2) is 0 Å². The third kappa shape index (κ3) is 1.32. The molecule has 1 aromatic rings. The van der Waals surface area contributed by atoms with Crippen LogP contribution >= 0.6 is 0 Å². The van der Waals surface area contributed by atoms with Gasteiger partial charge in [0.1, 0.15) is 5.82 Å². The fourth-order valence-corrected chi connectivity index (χ4v) is 1.71. The van der Waals surface area contributed by atoms with E-state index in [1.165, 1.54) is 5.56 Å². The van der Waals surface area contributed by atoms with Crippen molar-refractivity contribution in [3.05, 3.63) is 21.7 Å². The van der Waals surface area contributed by atoms with E-state index >= 15 is 0 Å². The molecule has 0 radical (unpaired) electrons. The molecule has 1 aliphatic rings. The van der Waals surface area contributed by atoms with E-state index < -0.39 is 0 Å². The van der Waals surface area contributed by atoms with Crippen LogP contribution in [0.3, 0.4) is 0 Å². The summed E-state index contributed by atoms with van der Waals surface area (Å²) in [6, 6.07) is 0. The molecule has 0 aromatic carbocycles. The summed E-state index contributed by atoms with van der Waals surface area (Å²) in [5.41, 5.74) is 1.95. The number of aromatic nitrogens is 2. The first-order valence-electron chi connectivity index (χ1n) is 4.55. The molecular formula is C9H13N3O. The zero-order chi connectivity index (χ0) is 9.42. The maximum Gasteiger partial charge on any atom is 0.347 e. The predicted octanol–water partition coefficient (Wildman–Crippen LogP) is 0.861. The first kappa shape index (κ1) is 8.29. The van der Waals surface area contributed by atoms with Gasteiger partial charge in [0.2, 0.25) is 0 Å². The summed E-state index contributed by atoms with van der Waals surface area (Å²) in [5, 5.41) is 3.11. The molecule has 4 heteroatoms. The maximum absolute atomic E-state index is 11.1. The molecule has 0 saturated carbocycles. The van der Waals surface area contributed by atoms with Crippen LogP contribution in [0, 0.1) is 0 Å². The topological polar surface area (TPSA) is 57.8 Å². The number of aromatic amines is 1. The number of fused-ring (bicyclic) bond motifs is 1. The fourth-order valence-electron chi connectivity index (χ4n) is 1.71. The average Bonchev–Trinajstić information content (AvgIpc) is 2.49. The van der Waals surface area contributed by atoms with Crippen molar-refractivity contribution >= 4 is 5.82 Å². The Kier molecular flexibility index (Phi) is 1.83. The quantitative estimate of drug-likeness (QED) is 0.672. The molecule has 4 nitrogen and oxygen atoms in total. The van der Waals surface area contributed by atoms with E-state index in [-0.39, 0.29) is 5.69 Å². The Morgan fingerprint density at radius 1 is 1.46 bits per heavy atom. The molecule has 1 aromatic heterocycles. The maximum atomic E-state index is 11.1. The lowest BCUT2D eigenvalue weighted by Crippen LogP contribution is -2.16. The summed E-state index contributed by atoms with van der Waals surface area (Å²) < 4.78 is 0. The predicted molar refractivity (Wildman–Crippen MR) is 51.1 cm³/mol. The van der Waals surface area contributed by atoms with E-state index in [4.69, 9.17) is 0 Å². The van der Waals surface area contributed by atoms with Crippen molar-refractivity contribution in [2.75, 3.05) is 11.9 Å². The molecule has 0 aliphatic carbocycles. The van der Waals surface area contributed by atoms with Crippen molar-refractivity contribution in [1.29, 1.82) is 0 Å². The van der Waals surface area contributed by atoms with E-state index in [0.29, 0.717) is 5.92 Å². The minimum absolute atomic E-state index is 0.253. The minimum Gasteiger partial charge on any atom is -0.369 e. The van der Waals surface area contributed by atoms with Crippen molar-refractivity contribution in [2.45, 2.75) is 26.2 Å². The monoisotopic (exact) mass is 179 g/mol. The lowest BCUT2D eigenvalue weighted by molar-refractivity contribution is 0.787. The molecule has 2 heterocycles. The van der Waals surface area contributed by atoms with Crippen LogP contribution in [-0.4, -0.2) is 16.5 Å². The molecule has 0 fully saturated rings. The number of nitrogens with zero attached hydrogens (tertiary/aromatic N) is 1. The zero-order valence-electron chi connectivity index (χ0n) is 7.85. The standard InChI is InChI=1S/C9H13N3O/c1-5(2)7-6-3-4-10-8(6)12-9(13)11-7/h5H,3-4H2,1-2H3,(H2,10,11,12,13). The number of anilines is 1. The van der Waals surface area contributed by atoms with Gasteiger partial charge in [0.05, 0.1) is 0 Å². The SMILES string of the molecule is CC(C)c1[nH]c(=O)nc2c1CCN2. The molecule has 0 saturated heterocycles. The average molecular weight is 179 g/mol. The van der Waals surface area contributed by atoms with Gasteiger partial charge in [-0.05, 0) is 12.3 Å². The summed E-state index contributed by atoms with van der Waals surface area (Å²) in [5.74, 6) is 1.12. The summed E-state index contributed by atoms with van der Waals surface area (Å²) in [4.78, 5) is 17.8. The van der Waals surface area contributed by atoms with Gasteiger partial charge in [-0.25, -0.2) is 4.79 Å². The van der Waals surface area contributed by atoms with Gasteiger partial charge < -0.3 is 10.3 Å². The van der Waals surface area contributed by atoms with E-state index in [1.54, 1.807) is 0 Å². The van der Waals surface area contributed by atoms with E-state index in [0.717, 1.165) is 24.5 Å². The van der Waals surface area contributed by atoms with Crippen LogP contribution in [-0.2, 0) is 6.42 Å². The third-order valence-corrected chi connectivity index (χ3v) is 2.31. The Morgan fingerprint density at radius 2 is 2.23 bits per heavy atom. The van der Waals surface area contributed by atoms with Gasteiger partial charge in [0.25, 0.3) is 0 Å². The van der Waals surface area contributed by atoms with Crippen LogP contribution in [0.4, 0.5) is 5.82 Å². The number of nitrogens with one attached hydrogen (secondary N) is 2. The second kappa shape index (κ2) is 2.87. The molecule has 0 amide bonds. The van der Waals surface area contributed by atoms with Gasteiger partial charge in [-0.1, -0.05) is 13.8 Å².